The summed E-state index contributed by atoms with van der Waals surface area (Å²) in [5, 5.41) is 0. The van der Waals surface area contributed by atoms with Gasteiger partial charge in [0.25, 0.3) is 0 Å². The van der Waals surface area contributed by atoms with Crippen molar-refractivity contribution in [1.82, 2.24) is 0 Å². The zero-order valence-electron chi connectivity index (χ0n) is 9.84. The normalized spacial score (nSPS) is 17.2. The van der Waals surface area contributed by atoms with Gasteiger partial charge in [-0.15, -0.1) is 0 Å². The second-order valence-corrected chi connectivity index (χ2v) is 4.36. The van der Waals surface area contributed by atoms with Gasteiger partial charge in [0.05, 0.1) is 12.2 Å². The Balaban J connectivity index is 2.21. The molecule has 16 heavy (non-hydrogen) atoms. The second kappa shape index (κ2) is 5.13. The van der Waals surface area contributed by atoms with E-state index in [4.69, 9.17) is 4.74 Å². The van der Waals surface area contributed by atoms with E-state index >= 15 is 0 Å². The van der Waals surface area contributed by atoms with Gasteiger partial charge in [0.2, 0.25) is 0 Å². The summed E-state index contributed by atoms with van der Waals surface area (Å²) in [7, 11) is 0. The summed E-state index contributed by atoms with van der Waals surface area (Å²) in [6, 6.07) is 10.4. The van der Waals surface area contributed by atoms with E-state index in [0.29, 0.717) is 5.92 Å². The van der Waals surface area contributed by atoms with Gasteiger partial charge in [-0.3, -0.25) is 0 Å². The fraction of sp³-hybridized carbons (Fsp3) is 0.333. The Morgan fingerprint density at radius 3 is 2.19 bits per heavy atom. The number of benzene rings is 1. The van der Waals surface area contributed by atoms with Gasteiger partial charge in [0.1, 0.15) is 0 Å². The van der Waals surface area contributed by atoms with Crippen molar-refractivity contribution in [2.24, 2.45) is 5.92 Å². The fourth-order valence-corrected chi connectivity index (χ4v) is 1.98. The van der Waals surface area contributed by atoms with Gasteiger partial charge >= 0.3 is 0 Å². The lowest BCUT2D eigenvalue weighted by Gasteiger charge is -2.24. The molecular weight excluding hydrogens is 196 g/mol. The lowest BCUT2D eigenvalue weighted by Crippen LogP contribution is -2.16. The molecule has 0 saturated carbocycles. The molecule has 1 aliphatic rings. The van der Waals surface area contributed by atoms with Gasteiger partial charge in [-0.1, -0.05) is 54.6 Å². The number of rotatable bonds is 4. The van der Waals surface area contributed by atoms with Gasteiger partial charge < -0.3 is 4.74 Å². The van der Waals surface area contributed by atoms with Crippen LogP contribution in [0.3, 0.4) is 0 Å². The van der Waals surface area contributed by atoms with Crippen molar-refractivity contribution in [1.29, 1.82) is 0 Å². The van der Waals surface area contributed by atoms with Crippen LogP contribution in [0.4, 0.5) is 0 Å². The molecule has 1 unspecified atom stereocenters. The van der Waals surface area contributed by atoms with E-state index in [-0.39, 0.29) is 12.2 Å². The van der Waals surface area contributed by atoms with Gasteiger partial charge in [-0.2, -0.15) is 0 Å². The first-order valence-electron chi connectivity index (χ1n) is 5.83. The molecule has 0 fully saturated rings. The third kappa shape index (κ3) is 2.61. The monoisotopic (exact) mass is 214 g/mol. The summed E-state index contributed by atoms with van der Waals surface area (Å²) >= 11 is 0. The number of hydrogen-bond donors (Lipinski definition) is 0. The van der Waals surface area contributed by atoms with Crippen LogP contribution in [0.5, 0.6) is 0 Å². The van der Waals surface area contributed by atoms with Crippen LogP contribution in [0.15, 0.2) is 54.6 Å². The quantitative estimate of drug-likeness (QED) is 0.738. The van der Waals surface area contributed by atoms with Crippen LogP contribution in [0.25, 0.3) is 0 Å². The third-order valence-corrected chi connectivity index (χ3v) is 2.67. The lowest BCUT2D eigenvalue weighted by atomic mass is 9.97. The Hall–Kier alpha value is -1.34. The predicted molar refractivity (Wildman–Crippen MR) is 67.2 cm³/mol. The van der Waals surface area contributed by atoms with Crippen molar-refractivity contribution in [3.63, 3.8) is 0 Å². The fourth-order valence-electron chi connectivity index (χ4n) is 1.98. The first kappa shape index (κ1) is 11.2. The summed E-state index contributed by atoms with van der Waals surface area (Å²) in [5.41, 5.74) is 1.25. The molecule has 0 aliphatic heterocycles. The van der Waals surface area contributed by atoms with Crippen molar-refractivity contribution in [3.8, 4) is 0 Å². The molecule has 1 aromatic carbocycles. The van der Waals surface area contributed by atoms with E-state index in [1.165, 1.54) is 5.56 Å². The van der Waals surface area contributed by atoms with Gasteiger partial charge in [0, 0.05) is 5.92 Å². The molecule has 0 amide bonds. The molecule has 1 nitrogen and oxygen atoms in total. The topological polar surface area (TPSA) is 9.23 Å². The van der Waals surface area contributed by atoms with Crippen molar-refractivity contribution in [2.75, 3.05) is 0 Å². The number of allylic oxidation sites excluding steroid dienone is 2. The molecule has 2 rings (SSSR count). The third-order valence-electron chi connectivity index (χ3n) is 2.67. The van der Waals surface area contributed by atoms with E-state index in [2.05, 4.69) is 62.4 Å². The Kier molecular flexibility index (Phi) is 3.58. The molecule has 0 N–H and O–H groups in total. The molecule has 1 atom stereocenters. The molecule has 0 heterocycles. The minimum absolute atomic E-state index is 0.135. The summed E-state index contributed by atoms with van der Waals surface area (Å²) in [6.07, 6.45) is 8.94. The van der Waals surface area contributed by atoms with Gasteiger partial charge in [-0.25, -0.2) is 0 Å². The Morgan fingerprint density at radius 2 is 1.62 bits per heavy atom. The molecule has 0 spiro atoms. The van der Waals surface area contributed by atoms with Gasteiger partial charge in [-0.05, 0) is 19.4 Å². The van der Waals surface area contributed by atoms with Crippen LogP contribution < -0.4 is 0 Å². The van der Waals surface area contributed by atoms with E-state index < -0.39 is 0 Å². The Morgan fingerprint density at radius 1 is 1.00 bits per heavy atom. The van der Waals surface area contributed by atoms with Crippen molar-refractivity contribution >= 4 is 0 Å². The van der Waals surface area contributed by atoms with E-state index in [1.54, 1.807) is 0 Å². The smallest absolute Gasteiger partial charge is 0.0925 e. The highest BCUT2D eigenvalue weighted by Crippen LogP contribution is 2.31. The summed E-state index contributed by atoms with van der Waals surface area (Å²) in [6.45, 7) is 4.16. The molecule has 1 heteroatoms. The van der Waals surface area contributed by atoms with Crippen molar-refractivity contribution in [3.05, 3.63) is 60.2 Å². The standard InChI is InChI=1S/C15H18O/c1-12(2)16-15(14-10-6-7-11-14)13-8-4-3-5-9-13/h3-12,14-15H,1-2H3. The molecule has 1 aromatic rings. The van der Waals surface area contributed by atoms with E-state index in [1.807, 2.05) is 6.07 Å². The van der Waals surface area contributed by atoms with Crippen LogP contribution in [0.1, 0.15) is 25.5 Å². The maximum atomic E-state index is 6.02. The maximum Gasteiger partial charge on any atom is 0.0925 e. The summed E-state index contributed by atoms with van der Waals surface area (Å²) in [5.74, 6) is 0.366. The first-order chi connectivity index (χ1) is 7.77. The lowest BCUT2D eigenvalue weighted by molar-refractivity contribution is -0.00739. The Labute approximate surface area is 97.4 Å². The SMILES string of the molecule is CC(C)OC(c1ccccc1)C1C=CC=C1. The van der Waals surface area contributed by atoms with E-state index in [0.717, 1.165) is 0 Å². The molecule has 84 valence electrons. The van der Waals surface area contributed by atoms with E-state index in [9.17, 15) is 0 Å². The molecule has 0 bridgehead atoms. The average Bonchev–Trinajstić information content (AvgIpc) is 2.80. The molecule has 0 aromatic heterocycles. The number of ether oxygens (including phenoxy) is 1. The van der Waals surface area contributed by atoms with Crippen LogP contribution in [0.2, 0.25) is 0 Å². The second-order valence-electron chi connectivity index (χ2n) is 4.36. The maximum absolute atomic E-state index is 6.02. The van der Waals surface area contributed by atoms with Crippen molar-refractivity contribution < 1.29 is 4.74 Å². The number of hydrogen-bond acceptors (Lipinski definition) is 1. The van der Waals surface area contributed by atoms with Gasteiger partial charge in [0.15, 0.2) is 0 Å². The van der Waals surface area contributed by atoms with Crippen LogP contribution in [-0.4, -0.2) is 6.10 Å². The molecular formula is C15H18O. The average molecular weight is 214 g/mol. The summed E-state index contributed by atoms with van der Waals surface area (Å²) < 4.78 is 6.02. The zero-order chi connectivity index (χ0) is 11.4. The highest BCUT2D eigenvalue weighted by Gasteiger charge is 2.21. The van der Waals surface area contributed by atoms with Crippen LogP contribution in [-0.2, 0) is 4.74 Å². The molecule has 0 saturated heterocycles. The molecule has 0 radical (unpaired) electrons. The predicted octanol–water partition coefficient (Wildman–Crippen LogP) is 3.89. The first-order valence-corrected chi connectivity index (χ1v) is 5.83. The minimum Gasteiger partial charge on any atom is -0.370 e. The Bertz CT molecular complexity index is 364. The zero-order valence-corrected chi connectivity index (χ0v) is 9.84. The molecule has 1 aliphatic carbocycles. The van der Waals surface area contributed by atoms with Crippen molar-refractivity contribution in [2.45, 2.75) is 26.1 Å². The minimum atomic E-state index is 0.135. The largest absolute Gasteiger partial charge is 0.370 e. The highest BCUT2D eigenvalue weighted by atomic mass is 16.5. The summed E-state index contributed by atoms with van der Waals surface area (Å²) in [4.78, 5) is 0. The van der Waals surface area contributed by atoms with Crippen LogP contribution >= 0.6 is 0 Å². The van der Waals surface area contributed by atoms with Crippen LogP contribution in [0, 0.1) is 5.92 Å². The highest BCUT2D eigenvalue weighted by molar-refractivity contribution is 5.26.